The first-order valence-electron chi connectivity index (χ1n) is 14.5. The van der Waals surface area contributed by atoms with E-state index in [9.17, 15) is 14.7 Å². The lowest BCUT2D eigenvalue weighted by atomic mass is 9.66. The topological polar surface area (TPSA) is 104 Å². The summed E-state index contributed by atoms with van der Waals surface area (Å²) >= 11 is 0. The minimum absolute atomic E-state index is 0.00789. The SMILES string of the molecule is CCOc1cc([C@@H]2C(C(=O)OCCc3ccccc3)=C(C)N=C3C[C@H](c4ccc(OC)c(OC)c4)CC(=O)C32)ccc1O. The van der Waals surface area contributed by atoms with Gasteiger partial charge < -0.3 is 24.1 Å². The number of rotatable bonds is 10. The number of methoxy groups -OCH3 is 2. The molecule has 0 amide bonds. The van der Waals surface area contributed by atoms with Gasteiger partial charge in [0.1, 0.15) is 5.78 Å². The molecule has 0 aromatic heterocycles. The van der Waals surface area contributed by atoms with Crippen LogP contribution < -0.4 is 14.2 Å². The van der Waals surface area contributed by atoms with Crippen molar-refractivity contribution in [1.29, 1.82) is 0 Å². The molecule has 2 aliphatic rings. The van der Waals surface area contributed by atoms with Crippen LogP contribution in [0, 0.1) is 5.92 Å². The third-order valence-corrected chi connectivity index (χ3v) is 8.16. The largest absolute Gasteiger partial charge is 0.504 e. The van der Waals surface area contributed by atoms with Crippen LogP contribution in [0.25, 0.3) is 0 Å². The Morgan fingerprint density at radius 3 is 2.35 bits per heavy atom. The van der Waals surface area contributed by atoms with Crippen molar-refractivity contribution in [3.8, 4) is 23.0 Å². The first kappa shape index (κ1) is 29.9. The molecule has 1 fully saturated rings. The van der Waals surface area contributed by atoms with Gasteiger partial charge in [-0.05, 0) is 67.1 Å². The second-order valence-corrected chi connectivity index (χ2v) is 10.8. The van der Waals surface area contributed by atoms with Gasteiger partial charge in [-0.25, -0.2) is 4.79 Å². The number of carbonyl (C=O) groups is 2. The van der Waals surface area contributed by atoms with Gasteiger partial charge in [-0.1, -0.05) is 42.5 Å². The molecule has 1 heterocycles. The van der Waals surface area contributed by atoms with Crippen molar-refractivity contribution in [2.24, 2.45) is 10.9 Å². The normalized spacial score (nSPS) is 19.8. The van der Waals surface area contributed by atoms with E-state index in [-0.39, 0.29) is 30.5 Å². The maximum Gasteiger partial charge on any atom is 0.336 e. The van der Waals surface area contributed by atoms with E-state index in [1.807, 2.05) is 55.5 Å². The number of nitrogens with zero attached hydrogens (tertiary/aromatic N) is 1. The molecule has 0 radical (unpaired) electrons. The Hall–Kier alpha value is -4.59. The molecule has 3 aromatic rings. The zero-order valence-corrected chi connectivity index (χ0v) is 25.0. The predicted molar refractivity (Wildman–Crippen MR) is 163 cm³/mol. The number of phenolic OH excluding ortho intramolecular Hbond substituents is 1. The van der Waals surface area contributed by atoms with Gasteiger partial charge in [0.25, 0.3) is 0 Å². The van der Waals surface area contributed by atoms with Crippen LogP contribution in [-0.2, 0) is 20.7 Å². The minimum atomic E-state index is -0.643. The molecule has 1 N–H and O–H groups in total. The summed E-state index contributed by atoms with van der Waals surface area (Å²) in [6, 6.07) is 20.5. The lowest BCUT2D eigenvalue weighted by Gasteiger charge is -2.38. The van der Waals surface area contributed by atoms with Gasteiger partial charge in [0.15, 0.2) is 23.0 Å². The van der Waals surface area contributed by atoms with E-state index in [2.05, 4.69) is 0 Å². The van der Waals surface area contributed by atoms with Crippen LogP contribution in [0.15, 0.2) is 83.0 Å². The van der Waals surface area contributed by atoms with E-state index >= 15 is 0 Å². The standard InChI is InChI=1S/C35H37NO7/c1-5-42-30-20-24(11-13-27(30)37)33-32(35(39)43-16-15-22-9-7-6-8-10-22)21(2)36-26-17-25(18-28(38)34(26)33)23-12-14-29(40-3)31(19-23)41-4/h6-14,19-20,25,33-34,37H,5,15-18H2,1-4H3/t25-,33+,34?/m0/s1. The molecule has 3 atom stereocenters. The van der Waals surface area contributed by atoms with Gasteiger partial charge in [0.2, 0.25) is 0 Å². The van der Waals surface area contributed by atoms with Crippen LogP contribution in [0.3, 0.4) is 0 Å². The van der Waals surface area contributed by atoms with Crippen molar-refractivity contribution in [3.05, 3.63) is 94.7 Å². The number of aliphatic imine (C=N–C) groups is 1. The summed E-state index contributed by atoms with van der Waals surface area (Å²) in [5, 5.41) is 10.4. The van der Waals surface area contributed by atoms with E-state index in [4.69, 9.17) is 23.9 Å². The molecule has 1 aliphatic carbocycles. The Kier molecular flexibility index (Phi) is 9.14. The van der Waals surface area contributed by atoms with E-state index in [0.717, 1.165) is 16.8 Å². The molecule has 8 heteroatoms. The van der Waals surface area contributed by atoms with Gasteiger partial charge >= 0.3 is 5.97 Å². The number of carbonyl (C=O) groups excluding carboxylic acids is 2. The summed E-state index contributed by atoms with van der Waals surface area (Å²) in [4.78, 5) is 32.6. The number of esters is 1. The maximum absolute atomic E-state index is 14.0. The van der Waals surface area contributed by atoms with Crippen molar-refractivity contribution in [3.63, 3.8) is 0 Å². The van der Waals surface area contributed by atoms with Gasteiger partial charge in [0.05, 0.1) is 38.9 Å². The summed E-state index contributed by atoms with van der Waals surface area (Å²) < 4.78 is 22.3. The van der Waals surface area contributed by atoms with Crippen LogP contribution in [0.5, 0.6) is 23.0 Å². The number of Topliss-reactive ketones (excluding diaryl/α,β-unsaturated/α-hetero) is 1. The van der Waals surface area contributed by atoms with Gasteiger partial charge in [-0.3, -0.25) is 9.79 Å². The van der Waals surface area contributed by atoms with Crippen molar-refractivity contribution in [1.82, 2.24) is 0 Å². The number of fused-ring (bicyclic) bond motifs is 1. The summed E-state index contributed by atoms with van der Waals surface area (Å²) in [7, 11) is 3.17. The van der Waals surface area contributed by atoms with Crippen molar-refractivity contribution in [2.45, 2.75) is 44.9 Å². The molecule has 43 heavy (non-hydrogen) atoms. The number of hydrogen-bond donors (Lipinski definition) is 1. The third-order valence-electron chi connectivity index (χ3n) is 8.16. The number of aromatic hydroxyl groups is 1. The fourth-order valence-electron chi connectivity index (χ4n) is 6.12. The Bertz CT molecular complexity index is 1560. The molecular weight excluding hydrogens is 546 g/mol. The fraction of sp³-hybridized carbons (Fsp3) is 0.343. The van der Waals surface area contributed by atoms with Crippen LogP contribution in [0.4, 0.5) is 0 Å². The van der Waals surface area contributed by atoms with Gasteiger partial charge in [-0.2, -0.15) is 0 Å². The predicted octanol–water partition coefficient (Wildman–Crippen LogP) is 6.17. The minimum Gasteiger partial charge on any atom is -0.504 e. The molecule has 1 aliphatic heterocycles. The van der Waals surface area contributed by atoms with E-state index in [1.165, 1.54) is 0 Å². The molecule has 0 bridgehead atoms. The smallest absolute Gasteiger partial charge is 0.336 e. The monoisotopic (exact) mass is 583 g/mol. The quantitative estimate of drug-likeness (QED) is 0.285. The zero-order chi connectivity index (χ0) is 30.5. The summed E-state index contributed by atoms with van der Waals surface area (Å²) in [6.07, 6.45) is 1.40. The number of allylic oxidation sites excluding steroid dienone is 1. The first-order valence-corrected chi connectivity index (χ1v) is 14.5. The van der Waals surface area contributed by atoms with Crippen LogP contribution in [-0.4, -0.2) is 50.0 Å². The highest BCUT2D eigenvalue weighted by atomic mass is 16.5. The molecule has 1 saturated carbocycles. The van der Waals surface area contributed by atoms with Crippen molar-refractivity contribution in [2.75, 3.05) is 27.4 Å². The third kappa shape index (κ3) is 6.28. The molecule has 0 spiro atoms. The van der Waals surface area contributed by atoms with Crippen LogP contribution >= 0.6 is 0 Å². The average Bonchev–Trinajstić information content (AvgIpc) is 3.01. The highest BCUT2D eigenvalue weighted by Crippen LogP contribution is 2.47. The average molecular weight is 584 g/mol. The lowest BCUT2D eigenvalue weighted by Crippen LogP contribution is -2.41. The molecule has 5 rings (SSSR count). The molecule has 224 valence electrons. The molecule has 0 saturated heterocycles. The van der Waals surface area contributed by atoms with Crippen LogP contribution in [0.1, 0.15) is 55.2 Å². The number of benzene rings is 3. The highest BCUT2D eigenvalue weighted by Gasteiger charge is 2.46. The van der Waals surface area contributed by atoms with Gasteiger partial charge in [0, 0.05) is 30.2 Å². The summed E-state index contributed by atoms with van der Waals surface area (Å²) in [5.74, 6) is -0.378. The van der Waals surface area contributed by atoms with E-state index in [0.29, 0.717) is 53.5 Å². The number of ether oxygens (including phenoxy) is 4. The maximum atomic E-state index is 14.0. The number of hydrogen-bond acceptors (Lipinski definition) is 8. The first-order chi connectivity index (χ1) is 20.8. The van der Waals surface area contributed by atoms with Crippen LogP contribution in [0.2, 0.25) is 0 Å². The molecular formula is C35H37NO7. The molecule has 1 unspecified atom stereocenters. The second kappa shape index (κ2) is 13.2. The van der Waals surface area contributed by atoms with Crippen molar-refractivity contribution < 1.29 is 33.6 Å². The van der Waals surface area contributed by atoms with E-state index in [1.54, 1.807) is 39.3 Å². The fourth-order valence-corrected chi connectivity index (χ4v) is 6.12. The highest BCUT2D eigenvalue weighted by molar-refractivity contribution is 6.12. The Balaban J connectivity index is 1.50. The Morgan fingerprint density at radius 1 is 0.907 bits per heavy atom. The van der Waals surface area contributed by atoms with Gasteiger partial charge in [-0.15, -0.1) is 0 Å². The number of ketones is 1. The second-order valence-electron chi connectivity index (χ2n) is 10.8. The van der Waals surface area contributed by atoms with Crippen molar-refractivity contribution >= 4 is 17.5 Å². The van der Waals surface area contributed by atoms with E-state index < -0.39 is 17.8 Å². The molecule has 8 nitrogen and oxygen atoms in total. The Labute approximate surface area is 252 Å². The summed E-state index contributed by atoms with van der Waals surface area (Å²) in [5.41, 5.74) is 4.31. The number of phenols is 1. The Morgan fingerprint density at radius 2 is 1.63 bits per heavy atom. The molecule has 3 aromatic carbocycles. The summed E-state index contributed by atoms with van der Waals surface area (Å²) in [6.45, 7) is 4.17. The lowest BCUT2D eigenvalue weighted by molar-refractivity contribution is -0.139. The zero-order valence-electron chi connectivity index (χ0n) is 25.0.